The lowest BCUT2D eigenvalue weighted by Gasteiger charge is -2.15. The molecular weight excluding hydrogens is 396 g/mol. The molecule has 4 rings (SSSR count). The Balaban J connectivity index is 1.47. The summed E-state index contributed by atoms with van der Waals surface area (Å²) in [5.41, 5.74) is 0. The van der Waals surface area contributed by atoms with Crippen molar-refractivity contribution >= 4 is 23.4 Å². The Hall–Kier alpha value is -3.86. The molecule has 4 aromatic heterocycles. The number of nitrogens with zero attached hydrogens (tertiary/aromatic N) is 8. The van der Waals surface area contributed by atoms with Crippen LogP contribution in [0.3, 0.4) is 0 Å². The van der Waals surface area contributed by atoms with E-state index in [9.17, 15) is 4.79 Å². The van der Waals surface area contributed by atoms with Crippen molar-refractivity contribution in [2.75, 3.05) is 5.32 Å². The van der Waals surface area contributed by atoms with Gasteiger partial charge in [-0.25, -0.2) is 24.7 Å². The fourth-order valence-electron chi connectivity index (χ4n) is 2.59. The van der Waals surface area contributed by atoms with Crippen molar-refractivity contribution in [1.82, 2.24) is 44.8 Å². The molecule has 11 nitrogen and oxygen atoms in total. The minimum atomic E-state index is -0.466. The summed E-state index contributed by atoms with van der Waals surface area (Å²) in [5, 5.41) is 14.4. The molecule has 0 aromatic carbocycles. The second-order valence-electron chi connectivity index (χ2n) is 5.86. The van der Waals surface area contributed by atoms with Crippen LogP contribution in [0.2, 0.25) is 5.02 Å². The van der Waals surface area contributed by atoms with Crippen molar-refractivity contribution in [2.45, 2.75) is 13.0 Å². The lowest BCUT2D eigenvalue weighted by molar-refractivity contribution is 0.248. The summed E-state index contributed by atoms with van der Waals surface area (Å²) in [7, 11) is 0. The Morgan fingerprint density at radius 1 is 1.03 bits per heavy atom. The first-order valence-electron chi connectivity index (χ1n) is 8.52. The largest absolute Gasteiger partial charge is 0.328 e. The Labute approximate surface area is 169 Å². The van der Waals surface area contributed by atoms with Gasteiger partial charge < -0.3 is 5.32 Å². The van der Waals surface area contributed by atoms with Crippen molar-refractivity contribution in [2.24, 2.45) is 0 Å². The number of hydrogen-bond acceptors (Lipinski definition) is 7. The zero-order valence-electron chi connectivity index (χ0n) is 15.1. The standard InChI is InChI=1S/C17H15ClN10O/c1-11(15-22-10-24-28(15)16-19-6-2-7-20-16)25-17(29)26-14-5-8-23-27(14)13-4-3-12(18)9-21-13/h2-11H,1H3,(H2,25,26,29). The summed E-state index contributed by atoms with van der Waals surface area (Å²) in [6.07, 6.45) is 7.64. The molecule has 2 amide bonds. The summed E-state index contributed by atoms with van der Waals surface area (Å²) in [6, 6.07) is 5.83. The highest BCUT2D eigenvalue weighted by Gasteiger charge is 2.19. The van der Waals surface area contributed by atoms with Gasteiger partial charge in [-0.15, -0.1) is 0 Å². The van der Waals surface area contributed by atoms with Gasteiger partial charge in [0.05, 0.1) is 17.3 Å². The SMILES string of the molecule is CC(NC(=O)Nc1ccnn1-c1ccc(Cl)cn1)c1ncnn1-c1ncccn1. The number of carbonyl (C=O) groups excluding carboxylic acids is 1. The maximum Gasteiger partial charge on any atom is 0.320 e. The van der Waals surface area contributed by atoms with E-state index in [1.54, 1.807) is 49.8 Å². The number of nitrogens with one attached hydrogen (secondary N) is 2. The van der Waals surface area contributed by atoms with E-state index in [2.05, 4.69) is 40.8 Å². The van der Waals surface area contributed by atoms with Gasteiger partial charge in [0.15, 0.2) is 11.6 Å². The third kappa shape index (κ3) is 4.04. The zero-order chi connectivity index (χ0) is 20.2. The predicted octanol–water partition coefficient (Wildman–Crippen LogP) is 2.17. The minimum Gasteiger partial charge on any atom is -0.328 e. The van der Waals surface area contributed by atoms with Crippen molar-refractivity contribution in [3.05, 3.63) is 66.2 Å². The van der Waals surface area contributed by atoms with Crippen LogP contribution in [0.4, 0.5) is 10.6 Å². The monoisotopic (exact) mass is 410 g/mol. The number of amides is 2. The molecule has 0 fully saturated rings. The normalized spacial score (nSPS) is 11.8. The Bertz CT molecular complexity index is 1110. The summed E-state index contributed by atoms with van der Waals surface area (Å²) in [4.78, 5) is 29.2. The summed E-state index contributed by atoms with van der Waals surface area (Å²) >= 11 is 5.87. The highest BCUT2D eigenvalue weighted by molar-refractivity contribution is 6.30. The van der Waals surface area contributed by atoms with E-state index in [-0.39, 0.29) is 0 Å². The molecule has 29 heavy (non-hydrogen) atoms. The summed E-state index contributed by atoms with van der Waals surface area (Å²) in [6.45, 7) is 1.78. The third-order valence-corrected chi connectivity index (χ3v) is 4.09. The van der Waals surface area contributed by atoms with Crippen LogP contribution < -0.4 is 10.6 Å². The number of aromatic nitrogens is 8. The fourth-order valence-corrected chi connectivity index (χ4v) is 2.70. The summed E-state index contributed by atoms with van der Waals surface area (Å²) < 4.78 is 2.95. The summed E-state index contributed by atoms with van der Waals surface area (Å²) in [5.74, 6) is 1.81. The van der Waals surface area contributed by atoms with E-state index in [0.29, 0.717) is 28.4 Å². The maximum absolute atomic E-state index is 12.5. The van der Waals surface area contributed by atoms with Gasteiger partial charge in [-0.2, -0.15) is 19.6 Å². The fraction of sp³-hybridized carbons (Fsp3) is 0.118. The Morgan fingerprint density at radius 3 is 2.62 bits per heavy atom. The van der Waals surface area contributed by atoms with Crippen LogP contribution in [0.25, 0.3) is 11.8 Å². The first kappa shape index (κ1) is 18.5. The second-order valence-corrected chi connectivity index (χ2v) is 6.30. The molecule has 2 N–H and O–H groups in total. The Morgan fingerprint density at radius 2 is 1.86 bits per heavy atom. The van der Waals surface area contributed by atoms with E-state index >= 15 is 0 Å². The highest BCUT2D eigenvalue weighted by Crippen LogP contribution is 2.16. The molecule has 146 valence electrons. The van der Waals surface area contributed by atoms with Gasteiger partial charge in [0.2, 0.25) is 0 Å². The molecule has 0 aliphatic rings. The van der Waals surface area contributed by atoms with E-state index in [0.717, 1.165) is 0 Å². The maximum atomic E-state index is 12.5. The van der Waals surface area contributed by atoms with Gasteiger partial charge in [-0.05, 0) is 25.1 Å². The van der Waals surface area contributed by atoms with Gasteiger partial charge in [-0.1, -0.05) is 11.6 Å². The predicted molar refractivity (Wildman–Crippen MR) is 104 cm³/mol. The molecule has 4 heterocycles. The van der Waals surface area contributed by atoms with E-state index < -0.39 is 12.1 Å². The minimum absolute atomic E-state index is 0.362. The van der Waals surface area contributed by atoms with Gasteiger partial charge >= 0.3 is 6.03 Å². The van der Waals surface area contributed by atoms with Crippen LogP contribution in [-0.2, 0) is 0 Å². The van der Waals surface area contributed by atoms with Crippen LogP contribution in [0.15, 0.2) is 55.4 Å². The van der Waals surface area contributed by atoms with Crippen LogP contribution in [0.1, 0.15) is 18.8 Å². The number of halogens is 1. The van der Waals surface area contributed by atoms with Crippen molar-refractivity contribution < 1.29 is 4.79 Å². The average Bonchev–Trinajstić information content (AvgIpc) is 3.39. The van der Waals surface area contributed by atoms with Crippen molar-refractivity contribution in [3.63, 3.8) is 0 Å². The second kappa shape index (κ2) is 8.02. The third-order valence-electron chi connectivity index (χ3n) is 3.86. The number of pyridine rings is 1. The van der Waals surface area contributed by atoms with Crippen LogP contribution >= 0.6 is 11.6 Å². The quantitative estimate of drug-likeness (QED) is 0.515. The smallest absolute Gasteiger partial charge is 0.320 e. The number of urea groups is 1. The molecule has 4 aromatic rings. The molecular formula is C17H15ClN10O. The number of anilines is 1. The molecule has 1 atom stereocenters. The first-order valence-corrected chi connectivity index (χ1v) is 8.90. The van der Waals surface area contributed by atoms with Gasteiger partial charge in [0.25, 0.3) is 5.95 Å². The van der Waals surface area contributed by atoms with Crippen LogP contribution in [-0.4, -0.2) is 45.5 Å². The van der Waals surface area contributed by atoms with Crippen LogP contribution in [0.5, 0.6) is 0 Å². The van der Waals surface area contributed by atoms with Gasteiger partial charge in [0, 0.05) is 24.7 Å². The molecule has 1 unspecified atom stereocenters. The lowest BCUT2D eigenvalue weighted by Crippen LogP contribution is -2.33. The van der Waals surface area contributed by atoms with Crippen molar-refractivity contribution in [3.8, 4) is 11.8 Å². The van der Waals surface area contributed by atoms with Gasteiger partial charge in [-0.3, -0.25) is 5.32 Å². The molecule has 0 aliphatic carbocycles. The highest BCUT2D eigenvalue weighted by atomic mass is 35.5. The zero-order valence-corrected chi connectivity index (χ0v) is 15.9. The number of carbonyl (C=O) groups is 1. The van der Waals surface area contributed by atoms with Crippen LogP contribution in [0, 0.1) is 0 Å². The van der Waals surface area contributed by atoms with E-state index in [4.69, 9.17) is 11.6 Å². The molecule has 0 radical (unpaired) electrons. The van der Waals surface area contributed by atoms with E-state index in [1.807, 2.05) is 0 Å². The topological polar surface area (TPSA) is 128 Å². The number of hydrogen-bond donors (Lipinski definition) is 2. The molecule has 0 bridgehead atoms. The van der Waals surface area contributed by atoms with Gasteiger partial charge in [0.1, 0.15) is 12.1 Å². The molecule has 0 saturated heterocycles. The molecule has 0 saturated carbocycles. The molecule has 0 aliphatic heterocycles. The number of rotatable bonds is 5. The average molecular weight is 411 g/mol. The molecule has 12 heteroatoms. The lowest BCUT2D eigenvalue weighted by atomic mass is 10.3. The van der Waals surface area contributed by atoms with Crippen molar-refractivity contribution in [1.29, 1.82) is 0 Å². The first-order chi connectivity index (χ1) is 14.1. The van der Waals surface area contributed by atoms with E-state index in [1.165, 1.54) is 21.9 Å². The molecule has 0 spiro atoms. The Kier molecular flexibility index (Phi) is 5.12.